The highest BCUT2D eigenvalue weighted by atomic mass is 35.5. The summed E-state index contributed by atoms with van der Waals surface area (Å²) in [5.74, 6) is 0. The third-order valence-electron chi connectivity index (χ3n) is 5.38. The summed E-state index contributed by atoms with van der Waals surface area (Å²) in [5.41, 5.74) is -1.42. The van der Waals surface area contributed by atoms with Crippen LogP contribution in [0.2, 0.25) is 5.02 Å². The third-order valence-corrected chi connectivity index (χ3v) is 5.68. The summed E-state index contributed by atoms with van der Waals surface area (Å²) in [7, 11) is 0. The number of piperazine rings is 1. The first-order valence-corrected chi connectivity index (χ1v) is 9.66. The number of rotatable bonds is 2. The highest BCUT2D eigenvalue weighted by Gasteiger charge is 2.43. The van der Waals surface area contributed by atoms with Gasteiger partial charge in [-0.2, -0.15) is 23.3 Å². The van der Waals surface area contributed by atoms with Crippen molar-refractivity contribution < 1.29 is 32.2 Å². The molecule has 2 unspecified atom stereocenters. The summed E-state index contributed by atoms with van der Waals surface area (Å²) in [4.78, 5) is 18.7. The monoisotopic (exact) mass is 457 g/mol. The lowest BCUT2D eigenvalue weighted by Gasteiger charge is -2.47. The van der Waals surface area contributed by atoms with E-state index in [4.69, 9.17) is 20.8 Å². The van der Waals surface area contributed by atoms with Crippen LogP contribution >= 0.6 is 11.6 Å². The van der Waals surface area contributed by atoms with E-state index in [2.05, 4.69) is 10.1 Å². The van der Waals surface area contributed by atoms with Gasteiger partial charge in [0.15, 0.2) is 5.58 Å². The van der Waals surface area contributed by atoms with E-state index in [1.807, 2.05) is 0 Å². The van der Waals surface area contributed by atoms with Crippen LogP contribution in [0.5, 0.6) is 0 Å². The lowest BCUT2D eigenvalue weighted by molar-refractivity contribution is -0.136. The normalized spacial score (nSPS) is 21.7. The Morgan fingerprint density at radius 3 is 2.55 bits per heavy atom. The Morgan fingerprint density at radius 2 is 1.97 bits per heavy atom. The molecule has 31 heavy (non-hydrogen) atoms. The Labute approximate surface area is 177 Å². The first-order valence-electron chi connectivity index (χ1n) is 9.28. The number of amides is 1. The number of anilines is 1. The fourth-order valence-electron chi connectivity index (χ4n) is 4.14. The van der Waals surface area contributed by atoms with Gasteiger partial charge in [0.25, 0.3) is 6.01 Å². The zero-order valence-electron chi connectivity index (χ0n) is 15.7. The summed E-state index contributed by atoms with van der Waals surface area (Å²) >= 11 is 5.99. The zero-order chi connectivity index (χ0) is 21.9. The van der Waals surface area contributed by atoms with Crippen LogP contribution in [-0.2, 0) is 10.9 Å². The molecule has 4 heterocycles. The molecule has 164 valence electrons. The van der Waals surface area contributed by atoms with Crippen molar-refractivity contribution in [3.8, 4) is 5.69 Å². The van der Waals surface area contributed by atoms with Gasteiger partial charge in [0.2, 0.25) is 0 Å². The van der Waals surface area contributed by atoms with Crippen molar-refractivity contribution in [2.24, 2.45) is 0 Å². The van der Waals surface area contributed by atoms with Crippen LogP contribution in [0.3, 0.4) is 0 Å². The Hall–Kier alpha value is -2.99. The van der Waals surface area contributed by atoms with Gasteiger partial charge < -0.3 is 19.2 Å². The highest BCUT2D eigenvalue weighted by molar-refractivity contribution is 6.32. The van der Waals surface area contributed by atoms with Crippen LogP contribution in [0.1, 0.15) is 5.56 Å². The molecule has 2 bridgehead atoms. The number of benzene rings is 1. The summed E-state index contributed by atoms with van der Waals surface area (Å²) in [6.07, 6.45) is -2.80. The van der Waals surface area contributed by atoms with Crippen LogP contribution in [0, 0.1) is 0 Å². The second kappa shape index (κ2) is 7.02. The van der Waals surface area contributed by atoms with Gasteiger partial charge in [0, 0.05) is 25.5 Å². The summed E-state index contributed by atoms with van der Waals surface area (Å²) < 4.78 is 53.8. The van der Waals surface area contributed by atoms with Crippen LogP contribution in [0.4, 0.5) is 24.0 Å². The number of nitrogens with zero attached hydrogens (tertiary/aromatic N) is 5. The summed E-state index contributed by atoms with van der Waals surface area (Å²) in [5, 5.41) is 13.0. The SMILES string of the molecule is O=C(O)N1C2COCC1CN(c1nc3c(C(F)(F)F)c(Cl)cc(-n4cccn4)c3o1)C2. The number of hydrogen-bond acceptors (Lipinski definition) is 6. The predicted octanol–water partition coefficient (Wildman–Crippen LogP) is 3.25. The van der Waals surface area contributed by atoms with Gasteiger partial charge in [-0.3, -0.25) is 4.90 Å². The fraction of sp³-hybridized carbons (Fsp3) is 0.389. The maximum Gasteiger partial charge on any atom is 0.420 e. The number of fused-ring (bicyclic) bond motifs is 3. The number of halogens is 4. The molecule has 9 nitrogen and oxygen atoms in total. The van der Waals surface area contributed by atoms with Crippen molar-refractivity contribution in [1.29, 1.82) is 0 Å². The number of carboxylic acid groups (broad SMARTS) is 1. The molecule has 0 spiro atoms. The van der Waals surface area contributed by atoms with Crippen molar-refractivity contribution in [3.05, 3.63) is 35.1 Å². The lowest BCUT2D eigenvalue weighted by atomic mass is 10.1. The first kappa shape index (κ1) is 19.9. The minimum Gasteiger partial charge on any atom is -0.465 e. The molecule has 2 aromatic heterocycles. The smallest absolute Gasteiger partial charge is 0.420 e. The number of aromatic nitrogens is 3. The Balaban J connectivity index is 1.63. The molecule has 2 aliphatic heterocycles. The number of alkyl halides is 3. The van der Waals surface area contributed by atoms with E-state index in [9.17, 15) is 23.1 Å². The highest BCUT2D eigenvalue weighted by Crippen LogP contribution is 2.43. The van der Waals surface area contributed by atoms with Gasteiger partial charge in [-0.25, -0.2) is 9.48 Å². The standard InChI is InChI=1S/C18H15ClF3N5O4/c19-11-4-12(26-3-1-2-23-26)15-14(13(11)18(20,21)22)24-16(31-15)25-5-9-7-30-8-10(6-25)27(9)17(28)29/h1-4,9-10H,5-8H2,(H,28,29). The molecular formula is C18H15ClF3N5O4. The second-order valence-corrected chi connectivity index (χ2v) is 7.72. The molecule has 2 saturated heterocycles. The molecule has 1 N–H and O–H groups in total. The molecule has 0 saturated carbocycles. The average molecular weight is 458 g/mol. The van der Waals surface area contributed by atoms with Crippen molar-refractivity contribution >= 4 is 34.8 Å². The Kier molecular flexibility index (Phi) is 4.52. The molecule has 1 amide bonds. The number of oxazole rings is 1. The van der Waals surface area contributed by atoms with E-state index < -0.39 is 40.5 Å². The minimum atomic E-state index is -4.75. The number of ether oxygens (including phenoxy) is 1. The van der Waals surface area contributed by atoms with Crippen molar-refractivity contribution in [2.45, 2.75) is 18.3 Å². The second-order valence-electron chi connectivity index (χ2n) is 7.32. The molecule has 2 fully saturated rings. The van der Waals surface area contributed by atoms with E-state index in [-0.39, 0.29) is 43.6 Å². The van der Waals surface area contributed by atoms with E-state index in [0.29, 0.717) is 0 Å². The number of hydrogen-bond donors (Lipinski definition) is 1. The predicted molar refractivity (Wildman–Crippen MR) is 102 cm³/mol. The average Bonchev–Trinajstić information content (AvgIpc) is 3.35. The topological polar surface area (TPSA) is 96.9 Å². The Morgan fingerprint density at radius 1 is 1.26 bits per heavy atom. The molecular weight excluding hydrogens is 443 g/mol. The molecule has 1 aromatic carbocycles. The molecule has 13 heteroatoms. The molecule has 0 radical (unpaired) electrons. The van der Waals surface area contributed by atoms with Gasteiger partial charge in [0.05, 0.1) is 30.3 Å². The number of morpholine rings is 1. The van der Waals surface area contributed by atoms with E-state index in [1.54, 1.807) is 17.2 Å². The Bertz CT molecular complexity index is 1140. The molecule has 2 atom stereocenters. The van der Waals surface area contributed by atoms with Crippen LogP contribution < -0.4 is 4.90 Å². The fourth-order valence-corrected chi connectivity index (χ4v) is 4.44. The van der Waals surface area contributed by atoms with Crippen molar-refractivity contribution in [3.63, 3.8) is 0 Å². The van der Waals surface area contributed by atoms with Gasteiger partial charge in [-0.05, 0) is 12.1 Å². The largest absolute Gasteiger partial charge is 0.465 e. The summed E-state index contributed by atoms with van der Waals surface area (Å²) in [6.45, 7) is 0.693. The van der Waals surface area contributed by atoms with Gasteiger partial charge in [-0.1, -0.05) is 11.6 Å². The van der Waals surface area contributed by atoms with Crippen LogP contribution in [-0.4, -0.2) is 69.3 Å². The summed E-state index contributed by atoms with van der Waals surface area (Å²) in [6, 6.07) is 1.73. The van der Waals surface area contributed by atoms with E-state index in [0.717, 1.165) is 6.07 Å². The van der Waals surface area contributed by atoms with Gasteiger partial charge >= 0.3 is 12.3 Å². The van der Waals surface area contributed by atoms with Crippen LogP contribution in [0.15, 0.2) is 28.9 Å². The molecule has 5 rings (SSSR count). The maximum atomic E-state index is 13.7. The molecule has 3 aromatic rings. The van der Waals surface area contributed by atoms with E-state index in [1.165, 1.54) is 15.8 Å². The maximum absolute atomic E-state index is 13.7. The van der Waals surface area contributed by atoms with Crippen LogP contribution in [0.25, 0.3) is 16.8 Å². The minimum absolute atomic E-state index is 0.0434. The van der Waals surface area contributed by atoms with Gasteiger partial charge in [-0.15, -0.1) is 0 Å². The quantitative estimate of drug-likeness (QED) is 0.631. The zero-order valence-corrected chi connectivity index (χ0v) is 16.5. The lowest BCUT2D eigenvalue weighted by Crippen LogP contribution is -2.66. The molecule has 2 aliphatic rings. The number of carbonyl (C=O) groups is 1. The first-order chi connectivity index (χ1) is 14.7. The van der Waals surface area contributed by atoms with E-state index >= 15 is 0 Å². The third kappa shape index (κ3) is 3.26. The van der Waals surface area contributed by atoms with Crippen molar-refractivity contribution in [2.75, 3.05) is 31.2 Å². The molecule has 0 aliphatic carbocycles. The van der Waals surface area contributed by atoms with Gasteiger partial charge in [0.1, 0.15) is 16.8 Å². The van der Waals surface area contributed by atoms with Crippen molar-refractivity contribution in [1.82, 2.24) is 19.7 Å².